The molecule has 15 heavy (non-hydrogen) atoms. The fourth-order valence-electron chi connectivity index (χ4n) is 1.31. The molecule has 0 fully saturated rings. The fraction of sp³-hybridized carbons (Fsp3) is 0.300. The van der Waals surface area contributed by atoms with E-state index in [1.165, 1.54) is 4.88 Å². The highest BCUT2D eigenvalue weighted by Crippen LogP contribution is 2.26. The minimum absolute atomic E-state index is 0.299. The molecule has 1 atom stereocenters. The molecule has 0 radical (unpaired) electrons. The van der Waals surface area contributed by atoms with E-state index in [1.54, 1.807) is 17.5 Å². The minimum Gasteiger partial charge on any atom is -0.348 e. The molecule has 1 unspecified atom stereocenters. The van der Waals surface area contributed by atoms with Gasteiger partial charge >= 0.3 is 0 Å². The van der Waals surface area contributed by atoms with Crippen LogP contribution in [0.2, 0.25) is 4.34 Å². The van der Waals surface area contributed by atoms with Gasteiger partial charge in [-0.2, -0.15) is 0 Å². The first-order valence-electron chi connectivity index (χ1n) is 4.72. The van der Waals surface area contributed by atoms with Gasteiger partial charge in [-0.05, 0) is 19.1 Å². The van der Waals surface area contributed by atoms with E-state index in [1.807, 2.05) is 18.3 Å². The highest BCUT2D eigenvalue weighted by atomic mass is 35.5. The minimum atomic E-state index is 0.299. The predicted molar refractivity (Wildman–Crippen MR) is 63.2 cm³/mol. The Labute approximate surface area is 97.5 Å². The van der Waals surface area contributed by atoms with Crippen molar-refractivity contribution in [2.24, 2.45) is 0 Å². The van der Waals surface area contributed by atoms with Crippen molar-refractivity contribution in [2.75, 3.05) is 0 Å². The van der Waals surface area contributed by atoms with Crippen LogP contribution in [0.1, 0.15) is 23.7 Å². The first-order valence-corrected chi connectivity index (χ1v) is 5.92. The molecule has 2 rings (SSSR count). The summed E-state index contributed by atoms with van der Waals surface area (Å²) in [5.74, 6) is 0.949. The number of hydrogen-bond donors (Lipinski definition) is 2. The molecule has 0 bridgehead atoms. The third-order valence-electron chi connectivity index (χ3n) is 2.15. The fourth-order valence-corrected chi connectivity index (χ4v) is 2.39. The van der Waals surface area contributed by atoms with Crippen molar-refractivity contribution in [2.45, 2.75) is 19.5 Å². The van der Waals surface area contributed by atoms with Gasteiger partial charge in [0.2, 0.25) is 0 Å². The Hall–Kier alpha value is -0.840. The first-order chi connectivity index (χ1) is 7.25. The van der Waals surface area contributed by atoms with Crippen LogP contribution < -0.4 is 5.32 Å². The van der Waals surface area contributed by atoms with Crippen molar-refractivity contribution >= 4 is 22.9 Å². The molecule has 0 aliphatic carbocycles. The summed E-state index contributed by atoms with van der Waals surface area (Å²) in [6.07, 6.45) is 3.58. The quantitative estimate of drug-likeness (QED) is 0.864. The van der Waals surface area contributed by atoms with Crippen LogP contribution >= 0.6 is 22.9 Å². The van der Waals surface area contributed by atoms with E-state index in [-0.39, 0.29) is 0 Å². The van der Waals surface area contributed by atoms with Gasteiger partial charge in [-0.1, -0.05) is 11.6 Å². The number of imidazole rings is 1. The molecule has 0 aliphatic rings. The normalized spacial score (nSPS) is 12.9. The zero-order valence-electron chi connectivity index (χ0n) is 8.33. The molecular weight excluding hydrogens is 230 g/mol. The van der Waals surface area contributed by atoms with Crippen molar-refractivity contribution in [3.63, 3.8) is 0 Å². The smallest absolute Gasteiger partial charge is 0.120 e. The lowest BCUT2D eigenvalue weighted by Gasteiger charge is -2.10. The van der Waals surface area contributed by atoms with E-state index in [4.69, 9.17) is 11.6 Å². The zero-order valence-corrected chi connectivity index (χ0v) is 9.90. The number of nitrogens with zero attached hydrogens (tertiary/aromatic N) is 1. The number of aromatic amines is 1. The van der Waals surface area contributed by atoms with Gasteiger partial charge < -0.3 is 10.3 Å². The Bertz CT molecular complexity index is 410. The molecule has 0 saturated carbocycles. The SMILES string of the molecule is CC(NCc1ncc[nH]1)c1ccc(Cl)s1. The summed E-state index contributed by atoms with van der Waals surface area (Å²) in [6, 6.07) is 4.27. The Morgan fingerprint density at radius 2 is 2.47 bits per heavy atom. The molecule has 0 amide bonds. The number of rotatable bonds is 4. The average Bonchev–Trinajstić information content (AvgIpc) is 2.84. The van der Waals surface area contributed by atoms with Crippen LogP contribution in [0, 0.1) is 0 Å². The number of aromatic nitrogens is 2. The maximum absolute atomic E-state index is 5.88. The van der Waals surface area contributed by atoms with Crippen LogP contribution in [0.15, 0.2) is 24.5 Å². The largest absolute Gasteiger partial charge is 0.348 e. The summed E-state index contributed by atoms with van der Waals surface area (Å²) < 4.78 is 0.830. The molecule has 3 nitrogen and oxygen atoms in total. The van der Waals surface area contributed by atoms with Crippen molar-refractivity contribution in [1.82, 2.24) is 15.3 Å². The molecule has 2 N–H and O–H groups in total. The van der Waals surface area contributed by atoms with E-state index in [9.17, 15) is 0 Å². The van der Waals surface area contributed by atoms with Crippen molar-refractivity contribution in [3.05, 3.63) is 39.6 Å². The van der Waals surface area contributed by atoms with Gasteiger partial charge in [0.05, 0.1) is 10.9 Å². The average molecular weight is 242 g/mol. The van der Waals surface area contributed by atoms with E-state index >= 15 is 0 Å². The van der Waals surface area contributed by atoms with Gasteiger partial charge in [-0.25, -0.2) is 4.98 Å². The van der Waals surface area contributed by atoms with Gasteiger partial charge in [-0.3, -0.25) is 0 Å². The standard InChI is InChI=1S/C10H12ClN3S/c1-7(8-2-3-9(11)15-8)14-6-10-12-4-5-13-10/h2-5,7,14H,6H2,1H3,(H,12,13). The summed E-state index contributed by atoms with van der Waals surface area (Å²) >= 11 is 7.48. The lowest BCUT2D eigenvalue weighted by molar-refractivity contribution is 0.569. The van der Waals surface area contributed by atoms with Gasteiger partial charge in [-0.15, -0.1) is 11.3 Å². The van der Waals surface area contributed by atoms with E-state index in [0.29, 0.717) is 6.04 Å². The molecule has 2 heterocycles. The maximum atomic E-state index is 5.88. The third-order valence-corrected chi connectivity index (χ3v) is 3.57. The second-order valence-corrected chi connectivity index (χ2v) is 5.03. The highest BCUT2D eigenvalue weighted by Gasteiger charge is 2.07. The van der Waals surface area contributed by atoms with Crippen LogP contribution in [-0.2, 0) is 6.54 Å². The molecule has 0 aliphatic heterocycles. The second kappa shape index (κ2) is 4.79. The summed E-state index contributed by atoms with van der Waals surface area (Å²) in [5, 5.41) is 3.37. The van der Waals surface area contributed by atoms with Crippen LogP contribution in [0.4, 0.5) is 0 Å². The zero-order chi connectivity index (χ0) is 10.7. The molecule has 5 heteroatoms. The summed E-state index contributed by atoms with van der Waals surface area (Å²) in [4.78, 5) is 8.44. The van der Waals surface area contributed by atoms with Crippen LogP contribution in [0.25, 0.3) is 0 Å². The molecular formula is C10H12ClN3S. The Morgan fingerprint density at radius 3 is 3.07 bits per heavy atom. The number of nitrogens with one attached hydrogen (secondary N) is 2. The Kier molecular flexibility index (Phi) is 3.41. The Morgan fingerprint density at radius 1 is 1.60 bits per heavy atom. The summed E-state index contributed by atoms with van der Waals surface area (Å²) in [7, 11) is 0. The van der Waals surface area contributed by atoms with Gasteiger partial charge in [0, 0.05) is 23.3 Å². The molecule has 0 aromatic carbocycles. The monoisotopic (exact) mass is 241 g/mol. The van der Waals surface area contributed by atoms with Crippen LogP contribution in [0.5, 0.6) is 0 Å². The third kappa shape index (κ3) is 2.81. The number of H-pyrrole nitrogens is 1. The van der Waals surface area contributed by atoms with Crippen LogP contribution in [0.3, 0.4) is 0 Å². The number of thiophene rings is 1. The van der Waals surface area contributed by atoms with Crippen molar-refractivity contribution in [1.29, 1.82) is 0 Å². The van der Waals surface area contributed by atoms with Gasteiger partial charge in [0.15, 0.2) is 0 Å². The lowest BCUT2D eigenvalue weighted by Crippen LogP contribution is -2.17. The summed E-state index contributed by atoms with van der Waals surface area (Å²) in [6.45, 7) is 2.86. The second-order valence-electron chi connectivity index (χ2n) is 3.28. The summed E-state index contributed by atoms with van der Waals surface area (Å²) in [5.41, 5.74) is 0. The lowest BCUT2D eigenvalue weighted by atomic mass is 10.3. The number of hydrogen-bond acceptors (Lipinski definition) is 3. The topological polar surface area (TPSA) is 40.7 Å². The highest BCUT2D eigenvalue weighted by molar-refractivity contribution is 7.16. The van der Waals surface area contributed by atoms with Crippen molar-refractivity contribution in [3.8, 4) is 0 Å². The molecule has 2 aromatic heterocycles. The molecule has 0 spiro atoms. The Balaban J connectivity index is 1.90. The molecule has 2 aromatic rings. The van der Waals surface area contributed by atoms with Gasteiger partial charge in [0.25, 0.3) is 0 Å². The van der Waals surface area contributed by atoms with Crippen molar-refractivity contribution < 1.29 is 0 Å². The van der Waals surface area contributed by atoms with Crippen LogP contribution in [-0.4, -0.2) is 9.97 Å². The van der Waals surface area contributed by atoms with E-state index in [0.717, 1.165) is 16.7 Å². The molecule has 0 saturated heterocycles. The predicted octanol–water partition coefficient (Wildman–Crippen LogP) is 2.98. The maximum Gasteiger partial charge on any atom is 0.120 e. The first kappa shape index (κ1) is 10.7. The molecule has 80 valence electrons. The van der Waals surface area contributed by atoms with E-state index in [2.05, 4.69) is 22.2 Å². The van der Waals surface area contributed by atoms with E-state index < -0.39 is 0 Å². The number of halogens is 1. The van der Waals surface area contributed by atoms with Gasteiger partial charge in [0.1, 0.15) is 5.82 Å².